The van der Waals surface area contributed by atoms with Crippen LogP contribution in [-0.4, -0.2) is 46.0 Å². The SMILES string of the molecule is CC(C)COCCNS(=O)(=O)C(C)CNC1CC1. The molecule has 1 rings (SSSR count). The minimum absolute atomic E-state index is 0.350. The molecular formula is C12H26N2O3S. The van der Waals surface area contributed by atoms with Crippen LogP contribution < -0.4 is 10.0 Å². The van der Waals surface area contributed by atoms with Gasteiger partial charge in [0.25, 0.3) is 0 Å². The van der Waals surface area contributed by atoms with Gasteiger partial charge in [0.1, 0.15) is 0 Å². The molecule has 1 fully saturated rings. The molecular weight excluding hydrogens is 252 g/mol. The van der Waals surface area contributed by atoms with E-state index in [-0.39, 0.29) is 0 Å². The van der Waals surface area contributed by atoms with Crippen LogP contribution in [0.3, 0.4) is 0 Å². The Bertz CT molecular complexity index is 326. The summed E-state index contributed by atoms with van der Waals surface area (Å²) in [5.41, 5.74) is 0. The Morgan fingerprint density at radius 2 is 1.94 bits per heavy atom. The minimum atomic E-state index is -3.22. The van der Waals surface area contributed by atoms with E-state index in [2.05, 4.69) is 23.9 Å². The second-order valence-electron chi connectivity index (χ2n) is 5.40. The van der Waals surface area contributed by atoms with E-state index >= 15 is 0 Å². The van der Waals surface area contributed by atoms with E-state index in [1.165, 1.54) is 12.8 Å². The van der Waals surface area contributed by atoms with Crippen LogP contribution in [0.5, 0.6) is 0 Å². The smallest absolute Gasteiger partial charge is 0.215 e. The van der Waals surface area contributed by atoms with Crippen molar-refractivity contribution in [2.45, 2.75) is 44.9 Å². The van der Waals surface area contributed by atoms with Crippen LogP contribution in [0.2, 0.25) is 0 Å². The Morgan fingerprint density at radius 3 is 2.50 bits per heavy atom. The molecule has 6 heteroatoms. The van der Waals surface area contributed by atoms with E-state index < -0.39 is 15.3 Å². The van der Waals surface area contributed by atoms with Gasteiger partial charge in [-0.25, -0.2) is 13.1 Å². The van der Waals surface area contributed by atoms with E-state index in [4.69, 9.17) is 4.74 Å². The summed E-state index contributed by atoms with van der Waals surface area (Å²) in [7, 11) is -3.22. The number of sulfonamides is 1. The Morgan fingerprint density at radius 1 is 1.28 bits per heavy atom. The quantitative estimate of drug-likeness (QED) is 0.578. The van der Waals surface area contributed by atoms with Gasteiger partial charge in [0.2, 0.25) is 10.0 Å². The first-order valence-corrected chi connectivity index (χ1v) is 8.26. The standard InChI is InChI=1S/C12H26N2O3S/c1-10(2)9-17-7-6-14-18(15,16)11(3)8-13-12-4-5-12/h10-14H,4-9H2,1-3H3. The molecule has 0 radical (unpaired) electrons. The summed E-state index contributed by atoms with van der Waals surface area (Å²) in [6.45, 7) is 7.83. The van der Waals surface area contributed by atoms with Gasteiger partial charge in [-0.3, -0.25) is 0 Å². The van der Waals surface area contributed by atoms with Crippen LogP contribution in [0.25, 0.3) is 0 Å². The third-order valence-corrected chi connectivity index (χ3v) is 4.63. The average molecular weight is 278 g/mol. The lowest BCUT2D eigenvalue weighted by atomic mass is 10.2. The molecule has 1 unspecified atom stereocenters. The van der Waals surface area contributed by atoms with Crippen LogP contribution in [0.4, 0.5) is 0 Å². The molecule has 0 aromatic rings. The molecule has 2 N–H and O–H groups in total. The molecule has 0 amide bonds. The van der Waals surface area contributed by atoms with Crippen molar-refractivity contribution in [3.05, 3.63) is 0 Å². The zero-order valence-corrected chi connectivity index (χ0v) is 12.4. The summed E-state index contributed by atoms with van der Waals surface area (Å²) in [5, 5.41) is 2.83. The molecule has 5 nitrogen and oxygen atoms in total. The second-order valence-corrected chi connectivity index (χ2v) is 7.58. The molecule has 1 saturated carbocycles. The van der Waals surface area contributed by atoms with Crippen molar-refractivity contribution in [2.24, 2.45) is 5.92 Å². The first-order valence-electron chi connectivity index (χ1n) is 6.71. The highest BCUT2D eigenvalue weighted by molar-refractivity contribution is 7.90. The Labute approximate surface area is 111 Å². The lowest BCUT2D eigenvalue weighted by Gasteiger charge is -2.14. The van der Waals surface area contributed by atoms with Crippen LogP contribution in [0, 0.1) is 5.92 Å². The summed E-state index contributed by atoms with van der Waals surface area (Å²) in [4.78, 5) is 0. The fraction of sp³-hybridized carbons (Fsp3) is 1.00. The summed E-state index contributed by atoms with van der Waals surface area (Å²) < 4.78 is 31.6. The van der Waals surface area contributed by atoms with Crippen molar-refractivity contribution in [3.8, 4) is 0 Å². The maximum absolute atomic E-state index is 11.9. The molecule has 1 atom stereocenters. The molecule has 0 aromatic heterocycles. The van der Waals surface area contributed by atoms with Gasteiger partial charge in [-0.15, -0.1) is 0 Å². The number of rotatable bonds is 10. The van der Waals surface area contributed by atoms with Gasteiger partial charge in [0.15, 0.2) is 0 Å². The van der Waals surface area contributed by atoms with E-state index in [1.54, 1.807) is 6.92 Å². The summed E-state index contributed by atoms with van der Waals surface area (Å²) in [5.74, 6) is 0.475. The number of hydrogen-bond donors (Lipinski definition) is 2. The summed E-state index contributed by atoms with van der Waals surface area (Å²) in [6, 6.07) is 0.539. The number of hydrogen-bond acceptors (Lipinski definition) is 4. The highest BCUT2D eigenvalue weighted by Crippen LogP contribution is 2.18. The highest BCUT2D eigenvalue weighted by Gasteiger charge is 2.25. The van der Waals surface area contributed by atoms with Gasteiger partial charge in [0, 0.05) is 25.7 Å². The van der Waals surface area contributed by atoms with Crippen molar-refractivity contribution in [1.29, 1.82) is 0 Å². The zero-order valence-electron chi connectivity index (χ0n) is 11.6. The van der Waals surface area contributed by atoms with E-state index in [9.17, 15) is 8.42 Å². The monoisotopic (exact) mass is 278 g/mol. The normalized spacial score (nSPS) is 18.2. The molecule has 1 aliphatic rings. The maximum Gasteiger partial charge on any atom is 0.215 e. The predicted molar refractivity (Wildman–Crippen MR) is 73.1 cm³/mol. The van der Waals surface area contributed by atoms with Gasteiger partial charge in [-0.05, 0) is 25.7 Å². The average Bonchev–Trinajstić information content (AvgIpc) is 3.08. The minimum Gasteiger partial charge on any atom is -0.380 e. The largest absolute Gasteiger partial charge is 0.380 e. The fourth-order valence-electron chi connectivity index (χ4n) is 1.45. The first kappa shape index (κ1) is 15.9. The van der Waals surface area contributed by atoms with Crippen molar-refractivity contribution in [1.82, 2.24) is 10.0 Å². The molecule has 0 spiro atoms. The molecule has 0 heterocycles. The van der Waals surface area contributed by atoms with Crippen LogP contribution in [0.15, 0.2) is 0 Å². The lowest BCUT2D eigenvalue weighted by Crippen LogP contribution is -2.40. The van der Waals surface area contributed by atoms with E-state index in [1.807, 2.05) is 0 Å². The van der Waals surface area contributed by atoms with Crippen LogP contribution >= 0.6 is 0 Å². The predicted octanol–water partition coefficient (Wildman–Crippen LogP) is 0.719. The topological polar surface area (TPSA) is 67.4 Å². The van der Waals surface area contributed by atoms with Gasteiger partial charge < -0.3 is 10.1 Å². The van der Waals surface area contributed by atoms with Crippen LogP contribution in [0.1, 0.15) is 33.6 Å². The van der Waals surface area contributed by atoms with Crippen molar-refractivity contribution in [3.63, 3.8) is 0 Å². The van der Waals surface area contributed by atoms with Crippen LogP contribution in [-0.2, 0) is 14.8 Å². The lowest BCUT2D eigenvalue weighted by molar-refractivity contribution is 0.114. The maximum atomic E-state index is 11.9. The first-order chi connectivity index (χ1) is 8.42. The van der Waals surface area contributed by atoms with Gasteiger partial charge in [-0.2, -0.15) is 0 Å². The van der Waals surface area contributed by atoms with Crippen molar-refractivity contribution < 1.29 is 13.2 Å². The molecule has 0 aromatic carbocycles. The van der Waals surface area contributed by atoms with E-state index in [0.29, 0.717) is 38.3 Å². The molecule has 1 aliphatic carbocycles. The highest BCUT2D eigenvalue weighted by atomic mass is 32.2. The second kappa shape index (κ2) is 7.43. The van der Waals surface area contributed by atoms with Gasteiger partial charge in [-0.1, -0.05) is 13.8 Å². The summed E-state index contributed by atoms with van der Waals surface area (Å²) >= 11 is 0. The zero-order chi connectivity index (χ0) is 13.6. The Kier molecular flexibility index (Phi) is 6.55. The third-order valence-electron chi connectivity index (χ3n) is 2.80. The molecule has 0 saturated heterocycles. The number of ether oxygens (including phenoxy) is 1. The van der Waals surface area contributed by atoms with Crippen molar-refractivity contribution >= 4 is 10.0 Å². The van der Waals surface area contributed by atoms with Gasteiger partial charge >= 0.3 is 0 Å². The van der Waals surface area contributed by atoms with E-state index in [0.717, 1.165) is 0 Å². The molecule has 108 valence electrons. The van der Waals surface area contributed by atoms with Gasteiger partial charge in [0.05, 0.1) is 11.9 Å². The Balaban J connectivity index is 2.12. The Hall–Kier alpha value is -0.170. The summed E-state index contributed by atoms with van der Waals surface area (Å²) in [6.07, 6.45) is 2.34. The number of nitrogens with one attached hydrogen (secondary N) is 2. The fourth-order valence-corrected chi connectivity index (χ4v) is 2.42. The van der Waals surface area contributed by atoms with Crippen molar-refractivity contribution in [2.75, 3.05) is 26.3 Å². The molecule has 18 heavy (non-hydrogen) atoms. The molecule has 0 aliphatic heterocycles. The molecule has 0 bridgehead atoms. The third kappa shape index (κ3) is 6.68.